The average Bonchev–Trinajstić information content (AvgIpc) is 3.11. The summed E-state index contributed by atoms with van der Waals surface area (Å²) in [5.74, 6) is 2.20. The van der Waals surface area contributed by atoms with Gasteiger partial charge in [-0.3, -0.25) is 4.79 Å². The van der Waals surface area contributed by atoms with Crippen molar-refractivity contribution in [1.82, 2.24) is 9.97 Å². The van der Waals surface area contributed by atoms with Gasteiger partial charge in [0.05, 0.1) is 6.07 Å². The van der Waals surface area contributed by atoms with Gasteiger partial charge in [-0.2, -0.15) is 4.98 Å². The molecule has 0 unspecified atom stereocenters. The number of hydrogen-bond acceptors (Lipinski definition) is 3. The zero-order chi connectivity index (χ0) is 12.5. The number of halogens is 1. The monoisotopic (exact) mass is 354 g/mol. The molecule has 0 bridgehead atoms. The molecular formula is C13H11IN2O2. The van der Waals surface area contributed by atoms with Gasteiger partial charge in [-0.05, 0) is 53.6 Å². The van der Waals surface area contributed by atoms with Gasteiger partial charge in [0.25, 0.3) is 5.56 Å². The lowest BCUT2D eigenvalue weighted by Gasteiger charge is -2.06. The van der Waals surface area contributed by atoms with Crippen molar-refractivity contribution in [2.24, 2.45) is 0 Å². The van der Waals surface area contributed by atoms with Crippen molar-refractivity contribution in [2.45, 2.75) is 18.8 Å². The van der Waals surface area contributed by atoms with Gasteiger partial charge in [0.1, 0.15) is 11.6 Å². The van der Waals surface area contributed by atoms with Crippen LogP contribution in [-0.2, 0) is 0 Å². The molecule has 0 amide bonds. The van der Waals surface area contributed by atoms with E-state index in [1.165, 1.54) is 6.07 Å². The Morgan fingerprint density at radius 3 is 2.89 bits per heavy atom. The van der Waals surface area contributed by atoms with Crippen molar-refractivity contribution >= 4 is 22.6 Å². The quantitative estimate of drug-likeness (QED) is 0.862. The molecule has 2 aromatic rings. The van der Waals surface area contributed by atoms with Crippen LogP contribution in [0.25, 0.3) is 0 Å². The molecule has 1 aromatic carbocycles. The molecule has 1 aliphatic carbocycles. The third-order valence-electron chi connectivity index (χ3n) is 2.72. The number of ether oxygens (including phenoxy) is 1. The van der Waals surface area contributed by atoms with Crippen LogP contribution in [0.5, 0.6) is 11.6 Å². The van der Waals surface area contributed by atoms with E-state index in [9.17, 15) is 4.79 Å². The minimum atomic E-state index is -0.160. The van der Waals surface area contributed by atoms with E-state index < -0.39 is 0 Å². The number of rotatable bonds is 3. The molecule has 0 spiro atoms. The minimum Gasteiger partial charge on any atom is -0.439 e. The number of H-pyrrole nitrogens is 1. The second kappa shape index (κ2) is 4.72. The highest BCUT2D eigenvalue weighted by molar-refractivity contribution is 14.1. The van der Waals surface area contributed by atoms with Crippen LogP contribution in [0.3, 0.4) is 0 Å². The highest BCUT2D eigenvalue weighted by Gasteiger charge is 2.26. The van der Waals surface area contributed by atoms with Crippen molar-refractivity contribution in [3.63, 3.8) is 0 Å². The van der Waals surface area contributed by atoms with Crippen molar-refractivity contribution in [3.05, 3.63) is 50.1 Å². The first-order chi connectivity index (χ1) is 8.70. The molecule has 4 nitrogen and oxygen atoms in total. The largest absolute Gasteiger partial charge is 0.439 e. The molecule has 1 aliphatic rings. The molecule has 18 heavy (non-hydrogen) atoms. The second-order valence-electron chi connectivity index (χ2n) is 4.30. The van der Waals surface area contributed by atoms with Crippen molar-refractivity contribution in [1.29, 1.82) is 0 Å². The SMILES string of the molecule is O=c1cc(Oc2cccc(I)c2)nc(C2CC2)[nH]1. The molecular weight excluding hydrogens is 343 g/mol. The van der Waals surface area contributed by atoms with Crippen molar-refractivity contribution in [3.8, 4) is 11.6 Å². The zero-order valence-electron chi connectivity index (χ0n) is 9.52. The van der Waals surface area contributed by atoms with Crippen LogP contribution in [0.2, 0.25) is 0 Å². The summed E-state index contributed by atoms with van der Waals surface area (Å²) < 4.78 is 6.70. The van der Waals surface area contributed by atoms with Gasteiger partial charge < -0.3 is 9.72 Å². The molecule has 1 fully saturated rings. The van der Waals surface area contributed by atoms with Gasteiger partial charge >= 0.3 is 0 Å². The van der Waals surface area contributed by atoms with Gasteiger partial charge in [0.15, 0.2) is 0 Å². The summed E-state index contributed by atoms with van der Waals surface area (Å²) in [7, 11) is 0. The fourth-order valence-electron chi connectivity index (χ4n) is 1.71. The van der Waals surface area contributed by atoms with E-state index in [1.807, 2.05) is 24.3 Å². The molecule has 92 valence electrons. The van der Waals surface area contributed by atoms with Crippen molar-refractivity contribution < 1.29 is 4.74 Å². The Labute approximate surface area is 118 Å². The Balaban J connectivity index is 1.90. The van der Waals surface area contributed by atoms with E-state index in [0.717, 1.165) is 22.2 Å². The van der Waals surface area contributed by atoms with Crippen LogP contribution in [-0.4, -0.2) is 9.97 Å². The van der Waals surface area contributed by atoms with Crippen molar-refractivity contribution in [2.75, 3.05) is 0 Å². The maximum absolute atomic E-state index is 11.5. The highest BCUT2D eigenvalue weighted by atomic mass is 127. The molecule has 1 N–H and O–H groups in total. The second-order valence-corrected chi connectivity index (χ2v) is 5.55. The molecule has 5 heteroatoms. The molecule has 1 saturated carbocycles. The molecule has 3 rings (SSSR count). The van der Waals surface area contributed by atoms with E-state index in [-0.39, 0.29) is 5.56 Å². The number of aromatic amines is 1. The minimum absolute atomic E-state index is 0.160. The Morgan fingerprint density at radius 1 is 1.33 bits per heavy atom. The fraction of sp³-hybridized carbons (Fsp3) is 0.231. The molecule has 0 atom stereocenters. The van der Waals surface area contributed by atoms with Crippen LogP contribution in [0.15, 0.2) is 35.1 Å². The number of aromatic nitrogens is 2. The third-order valence-corrected chi connectivity index (χ3v) is 3.39. The Kier molecular flexibility index (Phi) is 3.07. The summed E-state index contributed by atoms with van der Waals surface area (Å²) in [5, 5.41) is 0. The summed E-state index contributed by atoms with van der Waals surface area (Å²) in [6.45, 7) is 0. The summed E-state index contributed by atoms with van der Waals surface area (Å²) in [5.41, 5.74) is -0.160. The lowest BCUT2D eigenvalue weighted by molar-refractivity contribution is 0.457. The molecule has 0 aliphatic heterocycles. The normalized spacial score (nSPS) is 14.5. The molecule has 1 heterocycles. The van der Waals surface area contributed by atoms with Gasteiger partial charge in [0, 0.05) is 9.49 Å². The highest BCUT2D eigenvalue weighted by Crippen LogP contribution is 2.38. The standard InChI is InChI=1S/C13H11IN2O2/c14-9-2-1-3-10(6-9)18-12-7-11(17)15-13(16-12)8-4-5-8/h1-3,6-8H,4-5H2,(H,15,16,17). The smallest absolute Gasteiger partial charge is 0.254 e. The number of nitrogens with one attached hydrogen (secondary N) is 1. The van der Waals surface area contributed by atoms with Crippen LogP contribution in [0, 0.1) is 3.57 Å². The summed E-state index contributed by atoms with van der Waals surface area (Å²) >= 11 is 2.21. The first kappa shape index (κ1) is 11.7. The predicted octanol–water partition coefficient (Wildman–Crippen LogP) is 3.04. The van der Waals surface area contributed by atoms with Gasteiger partial charge in [0.2, 0.25) is 5.88 Å². The lowest BCUT2D eigenvalue weighted by Crippen LogP contribution is -2.10. The first-order valence-corrected chi connectivity index (χ1v) is 6.83. The molecule has 0 radical (unpaired) electrons. The van der Waals surface area contributed by atoms with E-state index >= 15 is 0 Å². The summed E-state index contributed by atoms with van der Waals surface area (Å²) in [6.07, 6.45) is 2.19. The Hall–Kier alpha value is -1.37. The zero-order valence-corrected chi connectivity index (χ0v) is 11.7. The van der Waals surface area contributed by atoms with E-state index in [4.69, 9.17) is 4.74 Å². The maximum atomic E-state index is 11.5. The topological polar surface area (TPSA) is 55.0 Å². The van der Waals surface area contributed by atoms with Crippen LogP contribution in [0.1, 0.15) is 24.6 Å². The third kappa shape index (κ3) is 2.72. The van der Waals surface area contributed by atoms with Gasteiger partial charge in [-0.25, -0.2) is 0 Å². The van der Waals surface area contributed by atoms with Gasteiger partial charge in [-0.15, -0.1) is 0 Å². The lowest BCUT2D eigenvalue weighted by atomic mass is 10.3. The molecule has 0 saturated heterocycles. The van der Waals surface area contributed by atoms with Gasteiger partial charge in [-0.1, -0.05) is 6.07 Å². The first-order valence-electron chi connectivity index (χ1n) is 5.75. The van der Waals surface area contributed by atoms with E-state index in [1.54, 1.807) is 0 Å². The Morgan fingerprint density at radius 2 is 2.17 bits per heavy atom. The number of benzene rings is 1. The predicted molar refractivity (Wildman–Crippen MR) is 76.1 cm³/mol. The van der Waals surface area contributed by atoms with Crippen LogP contribution < -0.4 is 10.3 Å². The number of hydrogen-bond donors (Lipinski definition) is 1. The maximum Gasteiger partial charge on any atom is 0.254 e. The van der Waals surface area contributed by atoms with Crippen LogP contribution >= 0.6 is 22.6 Å². The van der Waals surface area contributed by atoms with E-state index in [0.29, 0.717) is 17.5 Å². The Bertz CT molecular complexity index is 635. The molecule has 1 aromatic heterocycles. The average molecular weight is 354 g/mol. The summed E-state index contributed by atoms with van der Waals surface area (Å²) in [6, 6.07) is 9.02. The number of nitrogens with zero attached hydrogens (tertiary/aromatic N) is 1. The van der Waals surface area contributed by atoms with E-state index in [2.05, 4.69) is 32.6 Å². The fourth-order valence-corrected chi connectivity index (χ4v) is 2.22. The van der Waals surface area contributed by atoms with Crippen LogP contribution in [0.4, 0.5) is 0 Å². The summed E-state index contributed by atoms with van der Waals surface area (Å²) in [4.78, 5) is 18.6.